The van der Waals surface area contributed by atoms with Crippen molar-refractivity contribution in [3.05, 3.63) is 0 Å². The molecule has 0 saturated heterocycles. The Bertz CT molecular complexity index is 22.5. The second kappa shape index (κ2) is 15.7. The van der Waals surface area contributed by atoms with Crippen LogP contribution in [0.2, 0.25) is 0 Å². The van der Waals surface area contributed by atoms with Gasteiger partial charge in [-0.25, -0.2) is 0 Å². The number of thioether (sulfide) groups is 1. The van der Waals surface area contributed by atoms with Crippen molar-refractivity contribution in [2.45, 2.75) is 13.8 Å². The van der Waals surface area contributed by atoms with Gasteiger partial charge in [0.2, 0.25) is 0 Å². The molecule has 2 heteroatoms. The zero-order valence-corrected chi connectivity index (χ0v) is 7.05. The van der Waals surface area contributed by atoms with Crippen LogP contribution in [0.15, 0.2) is 0 Å². The molecule has 0 N–H and O–H groups in total. The molecule has 0 spiro atoms. The predicted octanol–water partition coefficient (Wildman–Crippen LogP) is 2.02. The van der Waals surface area contributed by atoms with Gasteiger partial charge in [-0.05, 0) is 26.4 Å². The van der Waals surface area contributed by atoms with E-state index in [0.717, 1.165) is 13.2 Å². The molecule has 52 valence electrons. The highest BCUT2D eigenvalue weighted by Crippen LogP contribution is 1.70. The number of hydrogen-bond donors (Lipinski definition) is 0. The van der Waals surface area contributed by atoms with Crippen molar-refractivity contribution < 1.29 is 4.74 Å². The summed E-state index contributed by atoms with van der Waals surface area (Å²) in [6, 6.07) is 0. The molecule has 0 fully saturated rings. The van der Waals surface area contributed by atoms with E-state index in [9.17, 15) is 0 Å². The molecule has 0 radical (unpaired) electrons. The van der Waals surface area contributed by atoms with Crippen LogP contribution in [0.25, 0.3) is 0 Å². The molecule has 0 aromatic rings. The average Bonchev–Trinajstić information content (AvgIpc) is 1.71. The fraction of sp³-hybridized carbons (Fsp3) is 1.00. The van der Waals surface area contributed by atoms with Crippen LogP contribution in [-0.2, 0) is 4.74 Å². The molecule has 0 rings (SSSR count). The van der Waals surface area contributed by atoms with Crippen LogP contribution in [0.1, 0.15) is 13.8 Å². The Hall–Kier alpha value is 0.310. The molecule has 0 unspecified atom stereocenters. The molecule has 1 nitrogen and oxygen atoms in total. The Labute approximate surface area is 56.8 Å². The number of ether oxygens (including phenoxy) is 1. The summed E-state index contributed by atoms with van der Waals surface area (Å²) in [7, 11) is 0. The van der Waals surface area contributed by atoms with Crippen LogP contribution in [0.3, 0.4) is 0 Å². The van der Waals surface area contributed by atoms with Crippen LogP contribution >= 0.6 is 11.8 Å². The van der Waals surface area contributed by atoms with E-state index in [2.05, 4.69) is 0 Å². The highest BCUT2D eigenvalue weighted by Gasteiger charge is 1.64. The van der Waals surface area contributed by atoms with E-state index in [4.69, 9.17) is 4.74 Å². The molecule has 8 heavy (non-hydrogen) atoms. The normalized spacial score (nSPS) is 7.50. The van der Waals surface area contributed by atoms with Crippen LogP contribution in [0.4, 0.5) is 0 Å². The van der Waals surface area contributed by atoms with Crippen molar-refractivity contribution in [3.63, 3.8) is 0 Å². The molecule has 0 aromatic heterocycles. The van der Waals surface area contributed by atoms with E-state index in [0.29, 0.717) is 0 Å². The van der Waals surface area contributed by atoms with E-state index >= 15 is 0 Å². The lowest BCUT2D eigenvalue weighted by molar-refractivity contribution is 0.162. The Morgan fingerprint density at radius 2 is 1.38 bits per heavy atom. The SMILES string of the molecule is CCOCC.CSC. The van der Waals surface area contributed by atoms with E-state index in [1.54, 1.807) is 11.8 Å². The first-order valence-corrected chi connectivity index (χ1v) is 4.44. The maximum Gasteiger partial charge on any atom is 0.0437 e. The quantitative estimate of drug-likeness (QED) is 0.574. The Morgan fingerprint density at radius 1 is 1.12 bits per heavy atom. The van der Waals surface area contributed by atoms with Crippen LogP contribution in [0, 0.1) is 0 Å². The minimum Gasteiger partial charge on any atom is -0.382 e. The van der Waals surface area contributed by atoms with Gasteiger partial charge in [-0.2, -0.15) is 11.8 Å². The summed E-state index contributed by atoms with van der Waals surface area (Å²) in [6.45, 7) is 5.67. The summed E-state index contributed by atoms with van der Waals surface area (Å²) in [5.41, 5.74) is 0. The highest BCUT2D eigenvalue weighted by molar-refractivity contribution is 7.97. The summed E-state index contributed by atoms with van der Waals surface area (Å²) in [5, 5.41) is 0. The average molecular weight is 136 g/mol. The first kappa shape index (κ1) is 11.2. The largest absolute Gasteiger partial charge is 0.382 e. The van der Waals surface area contributed by atoms with Crippen LogP contribution in [0.5, 0.6) is 0 Å². The van der Waals surface area contributed by atoms with Crippen LogP contribution < -0.4 is 0 Å². The standard InChI is InChI=1S/C4H10O.C2H6S/c1-3-5-4-2;1-3-2/h3-4H2,1-2H3;1-2H3. The van der Waals surface area contributed by atoms with Gasteiger partial charge in [0.05, 0.1) is 0 Å². The molecular formula is C6H16OS. The lowest BCUT2D eigenvalue weighted by atomic mass is 10.8. The lowest BCUT2D eigenvalue weighted by Gasteiger charge is -1.86. The number of hydrogen-bond acceptors (Lipinski definition) is 2. The molecule has 0 aliphatic carbocycles. The molecule has 0 heterocycles. The topological polar surface area (TPSA) is 9.23 Å². The number of rotatable bonds is 2. The third-order valence-electron chi connectivity index (χ3n) is 0.408. The Morgan fingerprint density at radius 3 is 1.38 bits per heavy atom. The molecule has 0 aliphatic rings. The fourth-order valence-corrected chi connectivity index (χ4v) is 0.204. The smallest absolute Gasteiger partial charge is 0.0437 e. The Balaban J connectivity index is 0. The second-order valence-electron chi connectivity index (χ2n) is 1.19. The summed E-state index contributed by atoms with van der Waals surface area (Å²) in [6.07, 6.45) is 4.08. The summed E-state index contributed by atoms with van der Waals surface area (Å²) in [5.74, 6) is 0. The molecule has 0 amide bonds. The van der Waals surface area contributed by atoms with Gasteiger partial charge in [-0.1, -0.05) is 0 Å². The zero-order chi connectivity index (χ0) is 6.83. The van der Waals surface area contributed by atoms with Crippen molar-refractivity contribution in [3.8, 4) is 0 Å². The van der Waals surface area contributed by atoms with Crippen LogP contribution in [-0.4, -0.2) is 25.7 Å². The predicted molar refractivity (Wildman–Crippen MR) is 41.6 cm³/mol. The molecule has 0 aliphatic heterocycles. The van der Waals surface area contributed by atoms with Gasteiger partial charge < -0.3 is 4.74 Å². The van der Waals surface area contributed by atoms with Crippen molar-refractivity contribution in [2.24, 2.45) is 0 Å². The third kappa shape index (κ3) is 33.3. The van der Waals surface area contributed by atoms with Crippen molar-refractivity contribution >= 4 is 11.8 Å². The molecular weight excluding hydrogens is 120 g/mol. The van der Waals surface area contributed by atoms with E-state index < -0.39 is 0 Å². The van der Waals surface area contributed by atoms with Gasteiger partial charge in [0.15, 0.2) is 0 Å². The maximum absolute atomic E-state index is 4.83. The molecule has 0 atom stereocenters. The first-order chi connectivity index (χ1) is 3.83. The monoisotopic (exact) mass is 136 g/mol. The third-order valence-corrected chi connectivity index (χ3v) is 0.408. The zero-order valence-electron chi connectivity index (χ0n) is 6.23. The maximum atomic E-state index is 4.83. The van der Waals surface area contributed by atoms with Gasteiger partial charge >= 0.3 is 0 Å². The summed E-state index contributed by atoms with van der Waals surface area (Å²) in [4.78, 5) is 0. The van der Waals surface area contributed by atoms with Crippen molar-refractivity contribution in [1.82, 2.24) is 0 Å². The second-order valence-corrected chi connectivity index (χ2v) is 2.01. The first-order valence-electron chi connectivity index (χ1n) is 2.81. The Kier molecular flexibility index (Phi) is 21.8. The van der Waals surface area contributed by atoms with Gasteiger partial charge in [-0.15, -0.1) is 0 Å². The van der Waals surface area contributed by atoms with Gasteiger partial charge in [0.1, 0.15) is 0 Å². The van der Waals surface area contributed by atoms with Gasteiger partial charge in [-0.3, -0.25) is 0 Å². The molecule has 0 aromatic carbocycles. The fourth-order valence-electron chi connectivity index (χ4n) is 0.204. The highest BCUT2D eigenvalue weighted by atomic mass is 32.2. The summed E-state index contributed by atoms with van der Waals surface area (Å²) >= 11 is 1.75. The van der Waals surface area contributed by atoms with E-state index in [1.165, 1.54) is 0 Å². The van der Waals surface area contributed by atoms with Crippen molar-refractivity contribution in [1.29, 1.82) is 0 Å². The minimum atomic E-state index is 0.844. The van der Waals surface area contributed by atoms with E-state index in [1.807, 2.05) is 26.4 Å². The summed E-state index contributed by atoms with van der Waals surface area (Å²) < 4.78 is 4.83. The van der Waals surface area contributed by atoms with E-state index in [-0.39, 0.29) is 0 Å². The minimum absolute atomic E-state index is 0.844. The van der Waals surface area contributed by atoms with Gasteiger partial charge in [0.25, 0.3) is 0 Å². The molecule has 0 saturated carbocycles. The molecule has 0 bridgehead atoms. The van der Waals surface area contributed by atoms with Gasteiger partial charge in [0, 0.05) is 13.2 Å². The van der Waals surface area contributed by atoms with Crippen molar-refractivity contribution in [2.75, 3.05) is 25.7 Å². The lowest BCUT2D eigenvalue weighted by Crippen LogP contribution is -1.84.